The second kappa shape index (κ2) is 5.72. The maximum atomic E-state index is 11.7. The van der Waals surface area contributed by atoms with Crippen molar-refractivity contribution in [3.8, 4) is 5.75 Å². The van der Waals surface area contributed by atoms with E-state index in [9.17, 15) is 4.79 Å². The molecule has 2 N–H and O–H groups in total. The smallest absolute Gasteiger partial charge is 0.255 e. The molecule has 0 aliphatic heterocycles. The molecule has 1 atom stereocenters. The van der Waals surface area contributed by atoms with Crippen molar-refractivity contribution in [3.05, 3.63) is 28.8 Å². The van der Waals surface area contributed by atoms with E-state index in [1.54, 1.807) is 19.1 Å². The Hall–Kier alpha value is -1.26. The lowest BCUT2D eigenvalue weighted by Gasteiger charge is -2.10. The zero-order chi connectivity index (χ0) is 12.1. The van der Waals surface area contributed by atoms with E-state index in [1.165, 1.54) is 13.2 Å². The number of benzene rings is 1. The molecule has 0 saturated carbocycles. The van der Waals surface area contributed by atoms with Crippen LogP contribution in [0.3, 0.4) is 0 Å². The summed E-state index contributed by atoms with van der Waals surface area (Å²) in [6, 6.07) is 4.79. The summed E-state index contributed by atoms with van der Waals surface area (Å²) in [5, 5.41) is 12.1. The molecule has 1 amide bonds. The van der Waals surface area contributed by atoms with Crippen LogP contribution in [0.5, 0.6) is 5.75 Å². The third kappa shape index (κ3) is 3.40. The Kier molecular flexibility index (Phi) is 4.58. The molecule has 0 bridgehead atoms. The summed E-state index contributed by atoms with van der Waals surface area (Å²) in [5.74, 6) is 0.132. The molecule has 0 unspecified atom stereocenters. The molecule has 0 spiro atoms. The highest BCUT2D eigenvalue weighted by Crippen LogP contribution is 2.22. The van der Waals surface area contributed by atoms with E-state index in [1.807, 2.05) is 0 Å². The Morgan fingerprint density at radius 3 is 2.88 bits per heavy atom. The van der Waals surface area contributed by atoms with Gasteiger partial charge in [-0.25, -0.2) is 0 Å². The summed E-state index contributed by atoms with van der Waals surface area (Å²) in [6.45, 7) is 1.78. The molecule has 88 valence electrons. The second-order valence-corrected chi connectivity index (χ2v) is 3.84. The van der Waals surface area contributed by atoms with E-state index >= 15 is 0 Å². The largest absolute Gasteiger partial charge is 0.496 e. The van der Waals surface area contributed by atoms with Crippen molar-refractivity contribution in [2.45, 2.75) is 13.0 Å². The van der Waals surface area contributed by atoms with Crippen LogP contribution in [-0.4, -0.2) is 30.8 Å². The number of carbonyl (C=O) groups is 1. The molecule has 0 aliphatic carbocycles. The highest BCUT2D eigenvalue weighted by molar-refractivity contribution is 6.31. The van der Waals surface area contributed by atoms with Gasteiger partial charge in [0.1, 0.15) is 5.75 Å². The summed E-state index contributed by atoms with van der Waals surface area (Å²) in [5.41, 5.74) is 0.357. The van der Waals surface area contributed by atoms with Crippen LogP contribution < -0.4 is 10.1 Å². The average Bonchev–Trinajstić information content (AvgIpc) is 2.25. The molecule has 0 saturated heterocycles. The summed E-state index contributed by atoms with van der Waals surface area (Å²) < 4.78 is 5.05. The molecule has 1 aromatic carbocycles. The fraction of sp³-hybridized carbons (Fsp3) is 0.364. The van der Waals surface area contributed by atoms with Crippen molar-refractivity contribution < 1.29 is 14.6 Å². The third-order valence-electron chi connectivity index (χ3n) is 1.96. The number of halogens is 1. The molecule has 1 aromatic rings. The Morgan fingerprint density at radius 2 is 2.31 bits per heavy atom. The van der Waals surface area contributed by atoms with Crippen molar-refractivity contribution in [2.75, 3.05) is 13.7 Å². The van der Waals surface area contributed by atoms with Crippen LogP contribution in [0, 0.1) is 0 Å². The van der Waals surface area contributed by atoms with Gasteiger partial charge in [0.05, 0.1) is 18.8 Å². The van der Waals surface area contributed by atoms with Crippen LogP contribution in [0.25, 0.3) is 0 Å². The lowest BCUT2D eigenvalue weighted by Crippen LogP contribution is -2.30. The fourth-order valence-electron chi connectivity index (χ4n) is 1.19. The van der Waals surface area contributed by atoms with Gasteiger partial charge in [-0.05, 0) is 25.1 Å². The van der Waals surface area contributed by atoms with E-state index in [0.717, 1.165) is 0 Å². The zero-order valence-electron chi connectivity index (χ0n) is 9.16. The lowest BCUT2D eigenvalue weighted by atomic mass is 10.2. The van der Waals surface area contributed by atoms with Crippen molar-refractivity contribution >= 4 is 17.5 Å². The van der Waals surface area contributed by atoms with Gasteiger partial charge in [-0.2, -0.15) is 0 Å². The number of nitrogens with one attached hydrogen (secondary N) is 1. The van der Waals surface area contributed by atoms with Crippen LogP contribution in [0.1, 0.15) is 17.3 Å². The zero-order valence-corrected chi connectivity index (χ0v) is 9.91. The molecule has 0 fully saturated rings. The van der Waals surface area contributed by atoms with E-state index in [4.69, 9.17) is 21.4 Å². The normalized spacial score (nSPS) is 12.0. The third-order valence-corrected chi connectivity index (χ3v) is 2.20. The number of hydrogen-bond donors (Lipinski definition) is 2. The Bertz CT molecular complexity index is 379. The second-order valence-electron chi connectivity index (χ2n) is 3.40. The number of rotatable bonds is 4. The SMILES string of the molecule is COc1ccc(Cl)cc1C(=O)NC[C@@H](C)O. The Morgan fingerprint density at radius 1 is 1.62 bits per heavy atom. The summed E-state index contributed by atoms with van der Waals surface area (Å²) in [4.78, 5) is 11.7. The molecule has 0 aromatic heterocycles. The van der Waals surface area contributed by atoms with Gasteiger partial charge in [-0.1, -0.05) is 11.6 Å². The minimum atomic E-state index is -0.589. The Balaban J connectivity index is 2.84. The van der Waals surface area contributed by atoms with Crippen molar-refractivity contribution in [1.82, 2.24) is 5.32 Å². The molecule has 0 aliphatic rings. The van der Waals surface area contributed by atoms with Gasteiger partial charge in [0.15, 0.2) is 0 Å². The fourth-order valence-corrected chi connectivity index (χ4v) is 1.37. The van der Waals surface area contributed by atoms with Crippen LogP contribution in [0.2, 0.25) is 5.02 Å². The van der Waals surface area contributed by atoms with Crippen molar-refractivity contribution in [1.29, 1.82) is 0 Å². The standard InChI is InChI=1S/C11H14ClNO3/c1-7(14)6-13-11(15)9-5-8(12)3-4-10(9)16-2/h3-5,7,14H,6H2,1-2H3,(H,13,15)/t7-/m1/s1. The van der Waals surface area contributed by atoms with Gasteiger partial charge in [-0.15, -0.1) is 0 Å². The van der Waals surface area contributed by atoms with Gasteiger partial charge >= 0.3 is 0 Å². The van der Waals surface area contributed by atoms with Gasteiger partial charge in [0.25, 0.3) is 5.91 Å². The molecule has 1 rings (SSSR count). The first-order chi connectivity index (χ1) is 7.54. The minimum absolute atomic E-state index is 0.189. The van der Waals surface area contributed by atoms with E-state index < -0.39 is 6.10 Å². The maximum absolute atomic E-state index is 11.7. The number of aliphatic hydroxyl groups is 1. The van der Waals surface area contributed by atoms with Crippen LogP contribution in [0.15, 0.2) is 18.2 Å². The predicted octanol–water partition coefficient (Wildman–Crippen LogP) is 1.46. The van der Waals surface area contributed by atoms with Crippen LogP contribution >= 0.6 is 11.6 Å². The van der Waals surface area contributed by atoms with Crippen molar-refractivity contribution in [2.24, 2.45) is 0 Å². The quantitative estimate of drug-likeness (QED) is 0.842. The van der Waals surface area contributed by atoms with Gasteiger partial charge in [0.2, 0.25) is 0 Å². The molecule has 4 nitrogen and oxygen atoms in total. The predicted molar refractivity (Wildman–Crippen MR) is 62.0 cm³/mol. The Labute approximate surface area is 99.2 Å². The number of ether oxygens (including phenoxy) is 1. The first-order valence-corrected chi connectivity index (χ1v) is 5.22. The van der Waals surface area contributed by atoms with Gasteiger partial charge < -0.3 is 15.2 Å². The summed E-state index contributed by atoms with van der Waals surface area (Å²) >= 11 is 5.80. The molecule has 5 heteroatoms. The maximum Gasteiger partial charge on any atom is 0.255 e. The first kappa shape index (κ1) is 12.8. The number of carbonyl (C=O) groups excluding carboxylic acids is 1. The monoisotopic (exact) mass is 243 g/mol. The number of amides is 1. The number of hydrogen-bond acceptors (Lipinski definition) is 3. The lowest BCUT2D eigenvalue weighted by molar-refractivity contribution is 0.0921. The first-order valence-electron chi connectivity index (χ1n) is 4.84. The molecule has 0 radical (unpaired) electrons. The topological polar surface area (TPSA) is 58.6 Å². The molecule has 16 heavy (non-hydrogen) atoms. The van der Waals surface area contributed by atoms with E-state index in [2.05, 4.69) is 5.32 Å². The number of aliphatic hydroxyl groups excluding tert-OH is 1. The molecule has 0 heterocycles. The summed E-state index contributed by atoms with van der Waals surface area (Å²) in [7, 11) is 1.48. The van der Waals surface area contributed by atoms with Crippen LogP contribution in [0.4, 0.5) is 0 Å². The highest BCUT2D eigenvalue weighted by Gasteiger charge is 2.12. The number of methoxy groups -OCH3 is 1. The van der Waals surface area contributed by atoms with Gasteiger partial charge in [0, 0.05) is 11.6 Å². The van der Waals surface area contributed by atoms with E-state index in [0.29, 0.717) is 16.3 Å². The van der Waals surface area contributed by atoms with Crippen molar-refractivity contribution in [3.63, 3.8) is 0 Å². The van der Waals surface area contributed by atoms with Gasteiger partial charge in [-0.3, -0.25) is 4.79 Å². The minimum Gasteiger partial charge on any atom is -0.496 e. The van der Waals surface area contributed by atoms with Crippen LogP contribution in [-0.2, 0) is 0 Å². The summed E-state index contributed by atoms with van der Waals surface area (Å²) in [6.07, 6.45) is -0.589. The molecular weight excluding hydrogens is 230 g/mol. The molecular formula is C11H14ClNO3. The average molecular weight is 244 g/mol. The highest BCUT2D eigenvalue weighted by atomic mass is 35.5. The van der Waals surface area contributed by atoms with E-state index in [-0.39, 0.29) is 12.5 Å².